The van der Waals surface area contributed by atoms with Crippen LogP contribution in [0.25, 0.3) is 10.9 Å². The first-order valence-corrected chi connectivity index (χ1v) is 8.17. The molecule has 2 aromatic rings. The lowest BCUT2D eigenvalue weighted by atomic mass is 10.2. The predicted octanol–water partition coefficient (Wildman–Crippen LogP) is 1.73. The van der Waals surface area contributed by atoms with Crippen LogP contribution in [0.15, 0.2) is 41.4 Å². The number of pyridine rings is 1. The summed E-state index contributed by atoms with van der Waals surface area (Å²) in [6.07, 6.45) is 3.39. The second-order valence-corrected chi connectivity index (χ2v) is 6.24. The Hall–Kier alpha value is -1.99. The van der Waals surface area contributed by atoms with Crippen molar-refractivity contribution in [3.05, 3.63) is 36.5 Å². The smallest absolute Gasteiger partial charge is 0.259 e. The average molecular weight is 307 g/mol. The summed E-state index contributed by atoms with van der Waals surface area (Å²) in [5.41, 5.74) is 2.59. The third-order valence-corrected chi connectivity index (χ3v) is 4.25. The second kappa shape index (κ2) is 6.64. The van der Waals surface area contributed by atoms with Crippen LogP contribution in [-0.4, -0.2) is 19.3 Å². The highest BCUT2D eigenvalue weighted by atomic mass is 32.2. The standard InChI is InChI=1S/C14H17N3O3S/c1-2-3-9-13(18)16-17-21(19,20)12-8-4-6-11-7-5-10-15-14(11)12/h4-8,10,17H,2-3,9H2,1H3,(H,16,18). The predicted molar refractivity (Wildman–Crippen MR) is 79.7 cm³/mol. The highest BCUT2D eigenvalue weighted by Gasteiger charge is 2.18. The summed E-state index contributed by atoms with van der Waals surface area (Å²) >= 11 is 0. The van der Waals surface area contributed by atoms with Gasteiger partial charge in [0.2, 0.25) is 5.91 Å². The molecule has 0 spiro atoms. The van der Waals surface area contributed by atoms with E-state index in [0.717, 1.165) is 11.8 Å². The molecule has 6 nitrogen and oxygen atoms in total. The lowest BCUT2D eigenvalue weighted by Crippen LogP contribution is -2.41. The number of carbonyl (C=O) groups excluding carboxylic acids is 1. The first-order valence-electron chi connectivity index (χ1n) is 6.69. The number of nitrogens with one attached hydrogen (secondary N) is 2. The number of amides is 1. The Morgan fingerprint density at radius 1 is 1.24 bits per heavy atom. The molecule has 0 fully saturated rings. The molecule has 0 aliphatic carbocycles. The van der Waals surface area contributed by atoms with Gasteiger partial charge in [-0.3, -0.25) is 15.2 Å². The monoisotopic (exact) mass is 307 g/mol. The Bertz CT molecular complexity index is 739. The van der Waals surface area contributed by atoms with E-state index in [0.29, 0.717) is 11.9 Å². The molecule has 7 heteroatoms. The fraction of sp³-hybridized carbons (Fsp3) is 0.286. The van der Waals surface area contributed by atoms with E-state index in [-0.39, 0.29) is 17.2 Å². The van der Waals surface area contributed by atoms with Gasteiger partial charge >= 0.3 is 0 Å². The molecule has 0 radical (unpaired) electrons. The Balaban J connectivity index is 2.20. The molecule has 2 rings (SSSR count). The number of carbonyl (C=O) groups is 1. The SMILES string of the molecule is CCCCC(=O)NNS(=O)(=O)c1cccc2cccnc12. The first kappa shape index (κ1) is 15.4. The van der Waals surface area contributed by atoms with E-state index in [1.165, 1.54) is 12.3 Å². The normalized spacial score (nSPS) is 11.5. The van der Waals surface area contributed by atoms with Gasteiger partial charge in [0.1, 0.15) is 4.90 Å². The number of hydrazine groups is 1. The van der Waals surface area contributed by atoms with Gasteiger partial charge in [-0.2, -0.15) is 0 Å². The zero-order valence-corrected chi connectivity index (χ0v) is 12.5. The van der Waals surface area contributed by atoms with Gasteiger partial charge in [-0.25, -0.2) is 8.42 Å². The molecule has 1 aromatic carbocycles. The number of unbranched alkanes of at least 4 members (excludes halogenated alkanes) is 1. The third kappa shape index (κ3) is 3.77. The molecule has 0 aliphatic heterocycles. The van der Waals surface area contributed by atoms with E-state index in [9.17, 15) is 13.2 Å². The van der Waals surface area contributed by atoms with E-state index < -0.39 is 10.0 Å². The first-order chi connectivity index (χ1) is 10.0. The van der Waals surface area contributed by atoms with Crippen molar-refractivity contribution in [2.24, 2.45) is 0 Å². The van der Waals surface area contributed by atoms with Crippen LogP contribution in [0.3, 0.4) is 0 Å². The summed E-state index contributed by atoms with van der Waals surface area (Å²) in [7, 11) is -3.85. The molecule has 1 amide bonds. The van der Waals surface area contributed by atoms with E-state index >= 15 is 0 Å². The van der Waals surface area contributed by atoms with Gasteiger partial charge in [0.05, 0.1) is 5.52 Å². The number of para-hydroxylation sites is 1. The summed E-state index contributed by atoms with van der Waals surface area (Å²) in [4.78, 5) is 17.7. The number of hydrogen-bond donors (Lipinski definition) is 2. The van der Waals surface area contributed by atoms with Crippen molar-refractivity contribution in [3.8, 4) is 0 Å². The van der Waals surface area contributed by atoms with Gasteiger partial charge in [0, 0.05) is 18.0 Å². The van der Waals surface area contributed by atoms with E-state index in [4.69, 9.17) is 0 Å². The molecule has 0 saturated heterocycles. The van der Waals surface area contributed by atoms with Crippen LogP contribution in [-0.2, 0) is 14.8 Å². The largest absolute Gasteiger partial charge is 0.278 e. The van der Waals surface area contributed by atoms with Crippen molar-refractivity contribution >= 4 is 26.8 Å². The summed E-state index contributed by atoms with van der Waals surface area (Å²) in [6, 6.07) is 8.38. The van der Waals surface area contributed by atoms with Gasteiger partial charge < -0.3 is 0 Å². The highest BCUT2D eigenvalue weighted by molar-refractivity contribution is 7.89. The van der Waals surface area contributed by atoms with E-state index in [1.807, 2.05) is 6.92 Å². The summed E-state index contributed by atoms with van der Waals surface area (Å²) in [5, 5.41) is 0.720. The van der Waals surface area contributed by atoms with Gasteiger partial charge in [-0.05, 0) is 18.6 Å². The Morgan fingerprint density at radius 2 is 2.00 bits per heavy atom. The fourth-order valence-electron chi connectivity index (χ4n) is 1.87. The van der Waals surface area contributed by atoms with Crippen LogP contribution >= 0.6 is 0 Å². The minimum atomic E-state index is -3.85. The lowest BCUT2D eigenvalue weighted by molar-refractivity contribution is -0.121. The Kier molecular flexibility index (Phi) is 4.87. The molecular weight excluding hydrogens is 290 g/mol. The summed E-state index contributed by atoms with van der Waals surface area (Å²) in [6.45, 7) is 1.96. The topological polar surface area (TPSA) is 88.2 Å². The van der Waals surface area contributed by atoms with Gasteiger partial charge in [0.15, 0.2) is 0 Å². The molecule has 0 bridgehead atoms. The molecule has 2 N–H and O–H groups in total. The number of sulfonamides is 1. The number of rotatable bonds is 6. The maximum atomic E-state index is 12.3. The van der Waals surface area contributed by atoms with E-state index in [1.54, 1.807) is 24.3 Å². The van der Waals surface area contributed by atoms with E-state index in [2.05, 4.69) is 15.2 Å². The van der Waals surface area contributed by atoms with Crippen molar-refractivity contribution in [2.45, 2.75) is 31.1 Å². The maximum absolute atomic E-state index is 12.3. The van der Waals surface area contributed by atoms with Gasteiger partial charge in [0.25, 0.3) is 10.0 Å². The summed E-state index contributed by atoms with van der Waals surface area (Å²) in [5.74, 6) is -0.353. The molecule has 21 heavy (non-hydrogen) atoms. The molecule has 112 valence electrons. The van der Waals surface area contributed by atoms with Crippen LogP contribution in [0.1, 0.15) is 26.2 Å². The molecule has 0 saturated carbocycles. The van der Waals surface area contributed by atoms with Crippen molar-refractivity contribution in [3.63, 3.8) is 0 Å². The Morgan fingerprint density at radius 3 is 2.76 bits per heavy atom. The minimum absolute atomic E-state index is 0.0383. The summed E-state index contributed by atoms with van der Waals surface area (Å²) < 4.78 is 24.5. The highest BCUT2D eigenvalue weighted by Crippen LogP contribution is 2.19. The molecule has 0 unspecified atom stereocenters. The van der Waals surface area contributed by atoms with Crippen LogP contribution in [0.2, 0.25) is 0 Å². The molecular formula is C14H17N3O3S. The minimum Gasteiger partial charge on any atom is -0.278 e. The van der Waals surface area contributed by atoms with Crippen molar-refractivity contribution < 1.29 is 13.2 Å². The zero-order chi connectivity index (χ0) is 15.3. The van der Waals surface area contributed by atoms with Gasteiger partial charge in [-0.15, -0.1) is 4.83 Å². The molecule has 0 aliphatic rings. The number of benzene rings is 1. The number of hydrogen-bond acceptors (Lipinski definition) is 4. The molecule has 1 heterocycles. The molecule has 1 aromatic heterocycles. The quantitative estimate of drug-likeness (QED) is 0.796. The van der Waals surface area contributed by atoms with Crippen molar-refractivity contribution in [2.75, 3.05) is 0 Å². The molecule has 0 atom stereocenters. The van der Waals surface area contributed by atoms with Crippen LogP contribution in [0, 0.1) is 0 Å². The number of fused-ring (bicyclic) bond motifs is 1. The zero-order valence-electron chi connectivity index (χ0n) is 11.7. The van der Waals surface area contributed by atoms with Gasteiger partial charge in [-0.1, -0.05) is 31.5 Å². The Labute approximate surface area is 123 Å². The van der Waals surface area contributed by atoms with Crippen LogP contribution in [0.5, 0.6) is 0 Å². The van der Waals surface area contributed by atoms with Crippen LogP contribution < -0.4 is 10.3 Å². The van der Waals surface area contributed by atoms with Crippen LogP contribution in [0.4, 0.5) is 0 Å². The average Bonchev–Trinajstić information content (AvgIpc) is 2.50. The maximum Gasteiger partial charge on any atom is 0.259 e. The van der Waals surface area contributed by atoms with Crippen molar-refractivity contribution in [1.29, 1.82) is 0 Å². The number of aromatic nitrogens is 1. The second-order valence-electron chi connectivity index (χ2n) is 4.59. The fourth-order valence-corrected chi connectivity index (χ4v) is 2.91. The van der Waals surface area contributed by atoms with Crippen molar-refractivity contribution in [1.82, 2.24) is 15.2 Å². The third-order valence-electron chi connectivity index (χ3n) is 2.97. The number of nitrogens with zero attached hydrogens (tertiary/aromatic N) is 1. The lowest BCUT2D eigenvalue weighted by Gasteiger charge is -2.09.